The maximum Gasteiger partial charge on any atom is 0.253 e. The van der Waals surface area contributed by atoms with Gasteiger partial charge in [-0.3, -0.25) is 4.79 Å². The Morgan fingerprint density at radius 1 is 1.07 bits per heavy atom. The van der Waals surface area contributed by atoms with E-state index < -0.39 is 0 Å². The fraction of sp³-hybridized carbons (Fsp3) is 0.667. The number of ether oxygens (including phenoxy) is 2. The van der Waals surface area contributed by atoms with Gasteiger partial charge in [0.25, 0.3) is 5.91 Å². The zero-order valence-electron chi connectivity index (χ0n) is 17.0. The monoisotopic (exact) mass is 398 g/mol. The average molecular weight is 399 g/mol. The van der Waals surface area contributed by atoms with Crippen molar-refractivity contribution in [2.45, 2.75) is 58.4 Å². The second-order valence-electron chi connectivity index (χ2n) is 6.92. The molecule has 0 aliphatic carbocycles. The zero-order chi connectivity index (χ0) is 18.8. The average Bonchev–Trinajstić information content (AvgIpc) is 2.69. The van der Waals surface area contributed by atoms with E-state index >= 15 is 0 Å². The van der Waals surface area contributed by atoms with Gasteiger partial charge in [0.2, 0.25) is 0 Å². The Morgan fingerprint density at radius 2 is 1.67 bits per heavy atom. The molecule has 2 rings (SSSR count). The van der Waals surface area contributed by atoms with Gasteiger partial charge in [-0.15, -0.1) is 12.4 Å². The second kappa shape index (κ2) is 12.8. The highest BCUT2D eigenvalue weighted by molar-refractivity contribution is 5.95. The fourth-order valence-electron chi connectivity index (χ4n) is 3.08. The molecule has 0 radical (unpaired) electrons. The maximum absolute atomic E-state index is 12.9. The van der Waals surface area contributed by atoms with E-state index in [1.54, 1.807) is 0 Å². The molecule has 0 aromatic heterocycles. The molecule has 0 spiro atoms. The number of piperidine rings is 1. The molecule has 1 aromatic rings. The quantitative estimate of drug-likeness (QED) is 0.597. The summed E-state index contributed by atoms with van der Waals surface area (Å²) < 4.78 is 11.8. The number of carbonyl (C=O) groups is 1. The molecule has 1 heterocycles. The number of unbranched alkanes of at least 4 members (excludes halogenated alkanes) is 2. The number of benzene rings is 1. The molecule has 1 aliphatic rings. The number of hydrogen-bond acceptors (Lipinski definition) is 4. The summed E-state index contributed by atoms with van der Waals surface area (Å²) in [4.78, 5) is 14.8. The highest BCUT2D eigenvalue weighted by Crippen LogP contribution is 2.30. The summed E-state index contributed by atoms with van der Waals surface area (Å²) in [5.74, 6) is 1.51. The highest BCUT2D eigenvalue weighted by Gasteiger charge is 2.23. The number of halogens is 1. The van der Waals surface area contributed by atoms with Gasteiger partial charge in [0.05, 0.1) is 13.2 Å². The first-order chi connectivity index (χ1) is 12.7. The van der Waals surface area contributed by atoms with Crippen LogP contribution in [0.1, 0.15) is 62.7 Å². The van der Waals surface area contributed by atoms with Crippen molar-refractivity contribution in [2.75, 3.05) is 33.4 Å². The molecule has 1 fully saturated rings. The van der Waals surface area contributed by atoms with Gasteiger partial charge >= 0.3 is 0 Å². The Morgan fingerprint density at radius 3 is 2.22 bits per heavy atom. The summed E-state index contributed by atoms with van der Waals surface area (Å²) in [6, 6.07) is 6.11. The van der Waals surface area contributed by atoms with Crippen LogP contribution in [0.15, 0.2) is 18.2 Å². The lowest BCUT2D eigenvalue weighted by molar-refractivity contribution is 0.0706. The van der Waals surface area contributed by atoms with Gasteiger partial charge in [-0.05, 0) is 50.9 Å². The molecule has 1 amide bonds. The number of amides is 1. The predicted octanol–water partition coefficient (Wildman–Crippen LogP) is 4.29. The number of carbonyl (C=O) groups excluding carboxylic acids is 1. The third kappa shape index (κ3) is 7.23. The molecule has 0 bridgehead atoms. The topological polar surface area (TPSA) is 50.8 Å². The normalized spacial score (nSPS) is 14.6. The summed E-state index contributed by atoms with van der Waals surface area (Å²) in [5.41, 5.74) is 0.683. The van der Waals surface area contributed by atoms with Crippen molar-refractivity contribution in [3.63, 3.8) is 0 Å². The van der Waals surface area contributed by atoms with Crippen LogP contribution in [0.3, 0.4) is 0 Å². The highest BCUT2D eigenvalue weighted by atomic mass is 35.5. The lowest BCUT2D eigenvalue weighted by Gasteiger charge is -2.32. The standard InChI is InChI=1S/C21H34N2O3.ClH/c1-4-6-14-25-19-9-8-17(16-20(19)26-15-7-5-2)21(24)23-12-10-18(22-3)11-13-23;/h8-9,16,18,22H,4-7,10-15H2,1-3H3;1H. The van der Waals surface area contributed by atoms with Gasteiger partial charge in [-0.2, -0.15) is 0 Å². The summed E-state index contributed by atoms with van der Waals surface area (Å²) in [5, 5.41) is 3.30. The number of rotatable bonds is 10. The van der Waals surface area contributed by atoms with E-state index in [0.717, 1.165) is 57.4 Å². The zero-order valence-corrected chi connectivity index (χ0v) is 17.8. The number of hydrogen-bond donors (Lipinski definition) is 1. The Kier molecular flexibility index (Phi) is 11.2. The number of likely N-dealkylation sites (tertiary alicyclic amines) is 1. The molecule has 5 nitrogen and oxygen atoms in total. The third-order valence-corrected chi connectivity index (χ3v) is 4.89. The van der Waals surface area contributed by atoms with Crippen molar-refractivity contribution >= 4 is 18.3 Å². The molecule has 0 unspecified atom stereocenters. The number of nitrogens with zero attached hydrogens (tertiary/aromatic N) is 1. The molecule has 154 valence electrons. The minimum Gasteiger partial charge on any atom is -0.490 e. The van der Waals surface area contributed by atoms with Gasteiger partial charge in [0, 0.05) is 24.7 Å². The largest absolute Gasteiger partial charge is 0.490 e. The van der Waals surface area contributed by atoms with Crippen molar-refractivity contribution in [3.8, 4) is 11.5 Å². The molecular weight excluding hydrogens is 364 g/mol. The maximum atomic E-state index is 12.9. The van der Waals surface area contributed by atoms with Crippen LogP contribution in [-0.2, 0) is 0 Å². The van der Waals surface area contributed by atoms with Crippen LogP contribution >= 0.6 is 12.4 Å². The number of nitrogens with one attached hydrogen (secondary N) is 1. The molecule has 1 aromatic carbocycles. The van der Waals surface area contributed by atoms with Gasteiger partial charge in [0.15, 0.2) is 11.5 Å². The first-order valence-electron chi connectivity index (χ1n) is 10.1. The third-order valence-electron chi connectivity index (χ3n) is 4.89. The molecule has 27 heavy (non-hydrogen) atoms. The lowest BCUT2D eigenvalue weighted by Crippen LogP contribution is -2.43. The van der Waals surface area contributed by atoms with E-state index in [-0.39, 0.29) is 18.3 Å². The van der Waals surface area contributed by atoms with Crippen LogP contribution in [0.2, 0.25) is 0 Å². The van der Waals surface area contributed by atoms with Crippen LogP contribution in [0.4, 0.5) is 0 Å². The van der Waals surface area contributed by atoms with Crippen LogP contribution in [-0.4, -0.2) is 50.2 Å². The van der Waals surface area contributed by atoms with Crippen molar-refractivity contribution in [3.05, 3.63) is 23.8 Å². The van der Waals surface area contributed by atoms with E-state index in [1.807, 2.05) is 30.1 Å². The van der Waals surface area contributed by atoms with Crippen LogP contribution in [0.25, 0.3) is 0 Å². The molecule has 6 heteroatoms. The summed E-state index contributed by atoms with van der Waals surface area (Å²) >= 11 is 0. The van der Waals surface area contributed by atoms with Gasteiger partial charge in [-0.1, -0.05) is 26.7 Å². The SMILES string of the molecule is CCCCOc1ccc(C(=O)N2CCC(NC)CC2)cc1OCCCC.Cl. The smallest absolute Gasteiger partial charge is 0.253 e. The summed E-state index contributed by atoms with van der Waals surface area (Å²) in [7, 11) is 1.99. The minimum atomic E-state index is 0. The van der Waals surface area contributed by atoms with E-state index in [1.165, 1.54) is 0 Å². The molecule has 1 N–H and O–H groups in total. The Hall–Kier alpha value is -1.46. The van der Waals surface area contributed by atoms with Gasteiger partial charge < -0.3 is 19.7 Å². The lowest BCUT2D eigenvalue weighted by atomic mass is 10.0. The fourth-order valence-corrected chi connectivity index (χ4v) is 3.08. The first-order valence-corrected chi connectivity index (χ1v) is 10.1. The summed E-state index contributed by atoms with van der Waals surface area (Å²) in [6.45, 7) is 7.19. The van der Waals surface area contributed by atoms with Crippen LogP contribution in [0, 0.1) is 0 Å². The van der Waals surface area contributed by atoms with Crippen molar-refractivity contribution in [2.24, 2.45) is 0 Å². The predicted molar refractivity (Wildman–Crippen MR) is 112 cm³/mol. The van der Waals surface area contributed by atoms with E-state index in [4.69, 9.17) is 9.47 Å². The van der Waals surface area contributed by atoms with Crippen molar-refractivity contribution in [1.82, 2.24) is 10.2 Å². The van der Waals surface area contributed by atoms with E-state index in [2.05, 4.69) is 19.2 Å². The second-order valence-corrected chi connectivity index (χ2v) is 6.92. The molecular formula is C21H35ClN2O3. The Bertz CT molecular complexity index is 560. The molecule has 0 saturated carbocycles. The van der Waals surface area contributed by atoms with Crippen molar-refractivity contribution in [1.29, 1.82) is 0 Å². The van der Waals surface area contributed by atoms with Crippen molar-refractivity contribution < 1.29 is 14.3 Å². The Labute approximate surface area is 170 Å². The summed E-state index contributed by atoms with van der Waals surface area (Å²) in [6.07, 6.45) is 6.16. The first kappa shape index (κ1) is 23.6. The molecule has 0 atom stereocenters. The van der Waals surface area contributed by atoms with E-state index in [0.29, 0.717) is 30.6 Å². The minimum absolute atomic E-state index is 0. The molecule has 1 aliphatic heterocycles. The van der Waals surface area contributed by atoms with Crippen LogP contribution < -0.4 is 14.8 Å². The van der Waals surface area contributed by atoms with E-state index in [9.17, 15) is 4.79 Å². The van der Waals surface area contributed by atoms with Crippen LogP contribution in [0.5, 0.6) is 11.5 Å². The molecule has 1 saturated heterocycles. The van der Waals surface area contributed by atoms with Gasteiger partial charge in [0.1, 0.15) is 0 Å². The Balaban J connectivity index is 0.00000364. The van der Waals surface area contributed by atoms with Gasteiger partial charge in [-0.25, -0.2) is 0 Å².